The van der Waals surface area contributed by atoms with Gasteiger partial charge in [-0.05, 0) is 67.7 Å². The first kappa shape index (κ1) is 18.6. The third-order valence-electron chi connectivity index (χ3n) is 6.14. The molecular formula is C20H25N5O3S. The highest BCUT2D eigenvalue weighted by Gasteiger charge is 2.37. The van der Waals surface area contributed by atoms with Crippen LogP contribution in [0.25, 0.3) is 0 Å². The highest BCUT2D eigenvalue weighted by molar-refractivity contribution is 7.91. The molecule has 1 unspecified atom stereocenters. The Balaban J connectivity index is 1.49. The van der Waals surface area contributed by atoms with E-state index in [-0.39, 0.29) is 10.4 Å². The molecule has 154 valence electrons. The molecule has 2 aromatic rings. The largest absolute Gasteiger partial charge is 0.474 e. The van der Waals surface area contributed by atoms with Crippen LogP contribution in [0.15, 0.2) is 21.5 Å². The van der Waals surface area contributed by atoms with Crippen molar-refractivity contribution < 1.29 is 13.7 Å². The van der Waals surface area contributed by atoms with Crippen molar-refractivity contribution in [2.75, 3.05) is 11.9 Å². The van der Waals surface area contributed by atoms with Crippen LogP contribution in [-0.4, -0.2) is 26.6 Å². The molecule has 2 atom stereocenters. The van der Waals surface area contributed by atoms with Gasteiger partial charge in [0.1, 0.15) is 11.5 Å². The first-order chi connectivity index (χ1) is 13.7. The number of urea groups is 1. The maximum atomic E-state index is 13.1. The zero-order valence-electron chi connectivity index (χ0n) is 16.8. The molecule has 2 aliphatic carbocycles. The molecule has 0 radical (unpaired) electrons. The van der Waals surface area contributed by atoms with Crippen molar-refractivity contribution in [3.8, 4) is 5.88 Å². The third-order valence-corrected chi connectivity index (χ3v) is 7.49. The number of benzene rings is 1. The van der Waals surface area contributed by atoms with Gasteiger partial charge in [-0.2, -0.15) is 5.10 Å². The van der Waals surface area contributed by atoms with Crippen LogP contribution < -0.4 is 15.2 Å². The molecule has 8 nitrogen and oxygen atoms in total. The van der Waals surface area contributed by atoms with Gasteiger partial charge in [0.05, 0.1) is 11.7 Å². The third kappa shape index (κ3) is 2.78. The number of fused-ring (bicyclic) bond motifs is 3. The Kier molecular flexibility index (Phi) is 3.89. The molecule has 2 heterocycles. The Labute approximate surface area is 170 Å². The van der Waals surface area contributed by atoms with Crippen molar-refractivity contribution >= 4 is 21.6 Å². The summed E-state index contributed by atoms with van der Waals surface area (Å²) >= 11 is 0. The van der Waals surface area contributed by atoms with Crippen molar-refractivity contribution in [3.05, 3.63) is 34.5 Å². The second-order valence-corrected chi connectivity index (χ2v) is 10.6. The molecule has 0 saturated carbocycles. The van der Waals surface area contributed by atoms with Gasteiger partial charge in [-0.25, -0.2) is 18.8 Å². The van der Waals surface area contributed by atoms with Gasteiger partial charge in [-0.1, -0.05) is 13.0 Å². The fraction of sp³-hybridized carbons (Fsp3) is 0.500. The number of carbonyl (C=O) groups is 1. The first-order valence-electron chi connectivity index (χ1n) is 9.92. The van der Waals surface area contributed by atoms with Crippen LogP contribution in [0.4, 0.5) is 10.5 Å². The molecule has 1 aromatic heterocycles. The van der Waals surface area contributed by atoms with E-state index in [1.54, 1.807) is 4.68 Å². The second kappa shape index (κ2) is 6.06. The summed E-state index contributed by atoms with van der Waals surface area (Å²) in [5.41, 5.74) is 5.41. The number of nitrogens with zero attached hydrogens (tertiary/aromatic N) is 3. The van der Waals surface area contributed by atoms with Crippen LogP contribution in [-0.2, 0) is 34.7 Å². The first-order valence-corrected chi connectivity index (χ1v) is 11.5. The molecule has 2 amide bonds. The number of hydrogen-bond acceptors (Lipinski definition) is 4. The molecule has 0 saturated heterocycles. The molecule has 0 spiro atoms. The van der Waals surface area contributed by atoms with Crippen LogP contribution in [0.3, 0.4) is 0 Å². The van der Waals surface area contributed by atoms with E-state index in [0.717, 1.165) is 31.4 Å². The Morgan fingerprint density at radius 1 is 1.41 bits per heavy atom. The average molecular weight is 416 g/mol. The minimum absolute atomic E-state index is 0.151. The summed E-state index contributed by atoms with van der Waals surface area (Å²) in [6.45, 7) is 6.46. The molecule has 0 bridgehead atoms. The number of nitrogens with two attached hydrogens (primary N) is 1. The number of nitrogens with one attached hydrogen (secondary N) is 1. The standard InChI is InChI=1S/C20H25N5O3S/c1-11-7-13-8-12-5-4-6-14(12)17(16(11)13)23-19(26)24-29(21,27)15-9-22-25-18(15)28-10-20(25,2)3/h8-9,11H,4-7,10H2,1-3H3,(H3,21,23,24,26,27)/t11-,29?/m0/s1. The zero-order chi connectivity index (χ0) is 20.6. The molecule has 0 fully saturated rings. The fourth-order valence-corrected chi connectivity index (χ4v) is 5.68. The summed E-state index contributed by atoms with van der Waals surface area (Å²) < 4.78 is 24.2. The maximum Gasteiger partial charge on any atom is 0.354 e. The summed E-state index contributed by atoms with van der Waals surface area (Å²) in [6, 6.07) is 1.57. The summed E-state index contributed by atoms with van der Waals surface area (Å²) in [6.07, 6.45) is 5.44. The molecule has 29 heavy (non-hydrogen) atoms. The van der Waals surface area contributed by atoms with Crippen molar-refractivity contribution in [2.24, 2.45) is 9.50 Å². The predicted octanol–water partition coefficient (Wildman–Crippen LogP) is 3.09. The number of anilines is 1. The van der Waals surface area contributed by atoms with E-state index in [1.165, 1.54) is 28.5 Å². The van der Waals surface area contributed by atoms with Crippen LogP contribution in [0.1, 0.15) is 55.4 Å². The number of rotatable bonds is 2. The van der Waals surface area contributed by atoms with Crippen LogP contribution in [0.5, 0.6) is 5.88 Å². The Morgan fingerprint density at radius 3 is 2.97 bits per heavy atom. The molecule has 3 aliphatic rings. The number of hydrogen-bond donors (Lipinski definition) is 2. The van der Waals surface area contributed by atoms with Crippen molar-refractivity contribution in [1.82, 2.24) is 9.78 Å². The lowest BCUT2D eigenvalue weighted by Gasteiger charge is -2.31. The Bertz CT molecular complexity index is 1170. The zero-order valence-corrected chi connectivity index (χ0v) is 17.6. The van der Waals surface area contributed by atoms with E-state index >= 15 is 0 Å². The van der Waals surface area contributed by atoms with E-state index in [4.69, 9.17) is 9.88 Å². The van der Waals surface area contributed by atoms with Gasteiger partial charge in [0, 0.05) is 5.69 Å². The topological polar surface area (TPSA) is 112 Å². The molecule has 1 aliphatic heterocycles. The molecular weight excluding hydrogens is 390 g/mol. The van der Waals surface area contributed by atoms with E-state index in [1.807, 2.05) is 13.8 Å². The summed E-state index contributed by atoms with van der Waals surface area (Å²) in [7, 11) is -3.49. The highest BCUT2D eigenvalue weighted by atomic mass is 32.2. The number of aromatic nitrogens is 2. The summed E-state index contributed by atoms with van der Waals surface area (Å²) in [4.78, 5) is 12.9. The van der Waals surface area contributed by atoms with Crippen molar-refractivity contribution in [1.29, 1.82) is 0 Å². The summed E-state index contributed by atoms with van der Waals surface area (Å²) in [5.74, 6) is 0.709. The van der Waals surface area contributed by atoms with Gasteiger partial charge in [0.25, 0.3) is 0 Å². The Morgan fingerprint density at radius 2 is 2.21 bits per heavy atom. The SMILES string of the molecule is C[C@H]1Cc2cc3c(c(NC(=O)N=S(N)(=O)c4cnn5c4OCC5(C)C)c21)CCC3. The normalized spacial score (nSPS) is 22.6. The quantitative estimate of drug-likeness (QED) is 0.785. The lowest BCUT2D eigenvalue weighted by molar-refractivity contribution is 0.259. The van der Waals surface area contributed by atoms with Crippen LogP contribution >= 0.6 is 0 Å². The monoisotopic (exact) mass is 415 g/mol. The summed E-state index contributed by atoms with van der Waals surface area (Å²) in [5, 5.41) is 13.1. The molecule has 5 rings (SSSR count). The lowest BCUT2D eigenvalue weighted by Crippen LogP contribution is -2.26. The van der Waals surface area contributed by atoms with E-state index in [9.17, 15) is 9.00 Å². The number of amides is 2. The molecule has 9 heteroatoms. The number of aryl methyl sites for hydroxylation is 1. The van der Waals surface area contributed by atoms with Gasteiger partial charge in [-0.3, -0.25) is 0 Å². The number of carbonyl (C=O) groups excluding carboxylic acids is 1. The highest BCUT2D eigenvalue weighted by Crippen LogP contribution is 2.45. The number of ether oxygens (including phenoxy) is 1. The molecule has 3 N–H and O–H groups in total. The van der Waals surface area contributed by atoms with E-state index in [2.05, 4.69) is 27.8 Å². The minimum Gasteiger partial charge on any atom is -0.474 e. The predicted molar refractivity (Wildman–Crippen MR) is 110 cm³/mol. The van der Waals surface area contributed by atoms with Gasteiger partial charge in [0.2, 0.25) is 5.88 Å². The van der Waals surface area contributed by atoms with Gasteiger partial charge < -0.3 is 10.1 Å². The van der Waals surface area contributed by atoms with Crippen LogP contribution in [0, 0.1) is 0 Å². The van der Waals surface area contributed by atoms with Gasteiger partial charge in [0.15, 0.2) is 9.92 Å². The van der Waals surface area contributed by atoms with Crippen molar-refractivity contribution in [3.63, 3.8) is 0 Å². The average Bonchev–Trinajstić information content (AvgIpc) is 3.30. The van der Waals surface area contributed by atoms with Crippen molar-refractivity contribution in [2.45, 2.75) is 62.8 Å². The smallest absolute Gasteiger partial charge is 0.354 e. The lowest BCUT2D eigenvalue weighted by atomic mass is 9.75. The van der Waals surface area contributed by atoms with Gasteiger partial charge in [-0.15, -0.1) is 4.36 Å². The second-order valence-electron chi connectivity index (χ2n) is 8.84. The minimum atomic E-state index is -3.49. The Hall–Kier alpha value is -2.39. The fourth-order valence-electron chi connectivity index (χ4n) is 4.69. The van der Waals surface area contributed by atoms with Crippen LogP contribution in [0.2, 0.25) is 0 Å². The van der Waals surface area contributed by atoms with E-state index < -0.39 is 15.9 Å². The van der Waals surface area contributed by atoms with Gasteiger partial charge >= 0.3 is 6.03 Å². The van der Waals surface area contributed by atoms with E-state index in [0.29, 0.717) is 18.4 Å². The molecule has 1 aromatic carbocycles. The maximum absolute atomic E-state index is 13.1.